The Morgan fingerprint density at radius 1 is 1.39 bits per heavy atom. The number of ether oxygens (including phenoxy) is 1. The van der Waals surface area contributed by atoms with E-state index in [4.69, 9.17) is 10.00 Å². The van der Waals surface area contributed by atoms with Crippen LogP contribution in [-0.2, 0) is 0 Å². The first-order valence-corrected chi connectivity index (χ1v) is 5.91. The number of carbonyl (C=O) groups is 1. The van der Waals surface area contributed by atoms with Crippen LogP contribution in [0.25, 0.3) is 0 Å². The number of hydrogen-bond acceptors (Lipinski definition) is 3. The van der Waals surface area contributed by atoms with Crippen molar-refractivity contribution in [2.75, 3.05) is 18.5 Å². The van der Waals surface area contributed by atoms with Crippen molar-refractivity contribution in [3.05, 3.63) is 24.3 Å². The number of unbranched alkanes of at least 4 members (excludes halogenated alkanes) is 1. The molecule has 5 nitrogen and oxygen atoms in total. The van der Waals surface area contributed by atoms with Crippen LogP contribution in [0, 0.1) is 11.3 Å². The fraction of sp³-hybridized carbons (Fsp3) is 0.385. The molecule has 96 valence electrons. The number of carbonyl (C=O) groups excluding carboxylic acids is 1. The molecule has 2 N–H and O–H groups in total. The largest absolute Gasteiger partial charge is 0.479 e. The summed E-state index contributed by atoms with van der Waals surface area (Å²) < 4.78 is 5.11. The highest BCUT2D eigenvalue weighted by Crippen LogP contribution is 2.15. The lowest BCUT2D eigenvalue weighted by Gasteiger charge is -2.07. The molecule has 0 saturated carbocycles. The quantitative estimate of drug-likeness (QED) is 0.758. The summed E-state index contributed by atoms with van der Waals surface area (Å²) in [5.74, 6) is 0.605. The first kappa shape index (κ1) is 13.8. The van der Waals surface area contributed by atoms with Crippen LogP contribution in [0.5, 0.6) is 5.75 Å². The molecule has 0 fully saturated rings. The minimum atomic E-state index is -0.214. The number of nitrogens with one attached hydrogen (secondary N) is 2. The van der Waals surface area contributed by atoms with Crippen LogP contribution >= 0.6 is 0 Å². The lowest BCUT2D eigenvalue weighted by molar-refractivity contribution is 0.252. The zero-order chi connectivity index (χ0) is 13.2. The summed E-state index contributed by atoms with van der Waals surface area (Å²) >= 11 is 0. The maximum absolute atomic E-state index is 11.4. The first-order chi connectivity index (χ1) is 8.76. The summed E-state index contributed by atoms with van der Waals surface area (Å²) in [6.07, 6.45) is 2.01. The second-order valence-corrected chi connectivity index (χ2v) is 3.71. The Balaban J connectivity index is 2.38. The van der Waals surface area contributed by atoms with Crippen molar-refractivity contribution in [1.29, 1.82) is 5.26 Å². The molecule has 0 saturated heterocycles. The fourth-order valence-corrected chi connectivity index (χ4v) is 1.30. The van der Waals surface area contributed by atoms with Gasteiger partial charge in [0.25, 0.3) is 0 Å². The molecule has 18 heavy (non-hydrogen) atoms. The molecule has 0 radical (unpaired) electrons. The Bertz CT molecular complexity index is 409. The van der Waals surface area contributed by atoms with Gasteiger partial charge in [0, 0.05) is 12.2 Å². The van der Waals surface area contributed by atoms with Crippen LogP contribution in [0.1, 0.15) is 19.8 Å². The number of nitrogens with zero attached hydrogens (tertiary/aromatic N) is 1. The monoisotopic (exact) mass is 247 g/mol. The highest BCUT2D eigenvalue weighted by atomic mass is 16.5. The third-order valence-corrected chi connectivity index (χ3v) is 2.23. The van der Waals surface area contributed by atoms with Crippen molar-refractivity contribution in [3.8, 4) is 11.8 Å². The summed E-state index contributed by atoms with van der Waals surface area (Å²) in [5, 5.41) is 13.8. The van der Waals surface area contributed by atoms with Gasteiger partial charge in [0.05, 0.1) is 0 Å². The van der Waals surface area contributed by atoms with Crippen molar-refractivity contribution in [2.24, 2.45) is 0 Å². The molecule has 0 spiro atoms. The third-order valence-electron chi connectivity index (χ3n) is 2.23. The van der Waals surface area contributed by atoms with Crippen LogP contribution in [0.4, 0.5) is 10.5 Å². The van der Waals surface area contributed by atoms with Gasteiger partial charge in [0.2, 0.25) is 0 Å². The van der Waals surface area contributed by atoms with Gasteiger partial charge in [-0.1, -0.05) is 13.3 Å². The van der Waals surface area contributed by atoms with Gasteiger partial charge < -0.3 is 15.4 Å². The van der Waals surface area contributed by atoms with E-state index in [9.17, 15) is 4.79 Å². The SMILES string of the molecule is CCCCNC(=O)Nc1ccc(OCC#N)cc1. The highest BCUT2D eigenvalue weighted by molar-refractivity contribution is 5.89. The summed E-state index contributed by atoms with van der Waals surface area (Å²) in [6, 6.07) is 8.55. The Kier molecular flexibility index (Phi) is 6.12. The fourth-order valence-electron chi connectivity index (χ4n) is 1.30. The molecular weight excluding hydrogens is 230 g/mol. The Morgan fingerprint density at radius 3 is 2.72 bits per heavy atom. The predicted octanol–water partition coefficient (Wildman–Crippen LogP) is 2.51. The summed E-state index contributed by atoms with van der Waals surface area (Å²) in [6.45, 7) is 2.76. The van der Waals surface area contributed by atoms with Gasteiger partial charge in [-0.15, -0.1) is 0 Å². The minimum absolute atomic E-state index is 0.0181. The molecule has 1 aromatic rings. The van der Waals surface area contributed by atoms with Gasteiger partial charge in [-0.25, -0.2) is 4.79 Å². The van der Waals surface area contributed by atoms with E-state index in [0.29, 0.717) is 18.0 Å². The van der Waals surface area contributed by atoms with Gasteiger partial charge in [-0.05, 0) is 30.7 Å². The Morgan fingerprint density at radius 2 is 2.11 bits per heavy atom. The molecular formula is C13H17N3O2. The molecule has 0 aliphatic rings. The van der Waals surface area contributed by atoms with Crippen molar-refractivity contribution in [3.63, 3.8) is 0 Å². The molecule has 5 heteroatoms. The summed E-state index contributed by atoms with van der Waals surface area (Å²) in [5.41, 5.74) is 0.688. The van der Waals surface area contributed by atoms with Crippen molar-refractivity contribution in [2.45, 2.75) is 19.8 Å². The molecule has 1 aromatic carbocycles. The number of hydrogen-bond donors (Lipinski definition) is 2. The van der Waals surface area contributed by atoms with Gasteiger partial charge in [0.15, 0.2) is 6.61 Å². The molecule has 0 bridgehead atoms. The summed E-state index contributed by atoms with van der Waals surface area (Å²) in [7, 11) is 0. The first-order valence-electron chi connectivity index (χ1n) is 5.91. The van der Waals surface area contributed by atoms with Crippen LogP contribution in [0.2, 0.25) is 0 Å². The number of urea groups is 1. The maximum atomic E-state index is 11.4. The number of nitriles is 1. The minimum Gasteiger partial charge on any atom is -0.479 e. The standard InChI is InChI=1S/C13H17N3O2/c1-2-3-9-15-13(17)16-11-4-6-12(7-5-11)18-10-8-14/h4-7H,2-3,9-10H2,1H3,(H2,15,16,17). The van der Waals surface area contributed by atoms with Gasteiger partial charge in [0.1, 0.15) is 11.8 Å². The zero-order valence-electron chi connectivity index (χ0n) is 10.4. The van der Waals surface area contributed by atoms with Gasteiger partial charge in [-0.3, -0.25) is 0 Å². The molecule has 0 aromatic heterocycles. The van der Waals surface area contributed by atoms with Crippen LogP contribution in [0.15, 0.2) is 24.3 Å². The number of amides is 2. The topological polar surface area (TPSA) is 74.2 Å². The Hall–Kier alpha value is -2.22. The number of rotatable bonds is 6. The van der Waals surface area contributed by atoms with Crippen LogP contribution in [0.3, 0.4) is 0 Å². The Labute approximate surface area is 107 Å². The van der Waals surface area contributed by atoms with E-state index in [2.05, 4.69) is 17.6 Å². The van der Waals surface area contributed by atoms with E-state index < -0.39 is 0 Å². The zero-order valence-corrected chi connectivity index (χ0v) is 10.4. The number of anilines is 1. The van der Waals surface area contributed by atoms with Crippen LogP contribution < -0.4 is 15.4 Å². The van der Waals surface area contributed by atoms with Crippen molar-refractivity contribution < 1.29 is 9.53 Å². The predicted molar refractivity (Wildman–Crippen MR) is 69.5 cm³/mol. The molecule has 0 heterocycles. The third kappa shape index (κ3) is 5.21. The molecule has 0 atom stereocenters. The molecule has 0 aliphatic carbocycles. The van der Waals surface area contributed by atoms with E-state index in [1.165, 1.54) is 0 Å². The second-order valence-electron chi connectivity index (χ2n) is 3.71. The summed E-state index contributed by atoms with van der Waals surface area (Å²) in [4.78, 5) is 11.4. The van der Waals surface area contributed by atoms with E-state index in [1.807, 2.05) is 6.07 Å². The smallest absolute Gasteiger partial charge is 0.319 e. The van der Waals surface area contributed by atoms with Gasteiger partial charge in [-0.2, -0.15) is 5.26 Å². The maximum Gasteiger partial charge on any atom is 0.319 e. The van der Waals surface area contributed by atoms with Crippen LogP contribution in [-0.4, -0.2) is 19.2 Å². The second kappa shape index (κ2) is 7.96. The lowest BCUT2D eigenvalue weighted by atomic mass is 10.3. The van der Waals surface area contributed by atoms with E-state index in [0.717, 1.165) is 12.8 Å². The van der Waals surface area contributed by atoms with Crippen molar-refractivity contribution in [1.82, 2.24) is 5.32 Å². The molecule has 1 rings (SSSR count). The average molecular weight is 247 g/mol. The lowest BCUT2D eigenvalue weighted by Crippen LogP contribution is -2.29. The normalized spacial score (nSPS) is 9.33. The molecule has 2 amide bonds. The molecule has 0 unspecified atom stereocenters. The molecule has 0 aliphatic heterocycles. The highest BCUT2D eigenvalue weighted by Gasteiger charge is 2.00. The number of benzene rings is 1. The average Bonchev–Trinajstić information content (AvgIpc) is 2.38. The van der Waals surface area contributed by atoms with E-state index in [-0.39, 0.29) is 12.6 Å². The van der Waals surface area contributed by atoms with Gasteiger partial charge >= 0.3 is 6.03 Å². The van der Waals surface area contributed by atoms with Crippen molar-refractivity contribution >= 4 is 11.7 Å². The van der Waals surface area contributed by atoms with E-state index in [1.54, 1.807) is 24.3 Å². The van der Waals surface area contributed by atoms with E-state index >= 15 is 0 Å².